The van der Waals surface area contributed by atoms with Crippen LogP contribution in [-0.4, -0.2) is 36.2 Å². The van der Waals surface area contributed by atoms with E-state index in [1.165, 1.54) is 5.56 Å². The van der Waals surface area contributed by atoms with Crippen LogP contribution in [0.1, 0.15) is 52.5 Å². The molecule has 0 bridgehead atoms. The van der Waals surface area contributed by atoms with Crippen molar-refractivity contribution in [3.05, 3.63) is 34.9 Å². The van der Waals surface area contributed by atoms with E-state index in [9.17, 15) is 4.79 Å². The highest BCUT2D eigenvalue weighted by molar-refractivity contribution is 6.30. The molecule has 1 N–H and O–H groups in total. The van der Waals surface area contributed by atoms with Crippen LogP contribution in [0.2, 0.25) is 5.02 Å². The van der Waals surface area contributed by atoms with Crippen LogP contribution in [0.3, 0.4) is 0 Å². The third kappa shape index (κ3) is 6.19. The number of ether oxygens (including phenoxy) is 1. The van der Waals surface area contributed by atoms with E-state index in [-0.39, 0.29) is 11.5 Å². The van der Waals surface area contributed by atoms with Gasteiger partial charge in [0.05, 0.1) is 0 Å². The number of nitrogens with zero attached hydrogens (tertiary/aromatic N) is 1. The Morgan fingerprint density at radius 2 is 2.00 bits per heavy atom. The summed E-state index contributed by atoms with van der Waals surface area (Å²) in [4.78, 5) is 14.3. The fraction of sp³-hybridized carbons (Fsp3) is 0.650. The van der Waals surface area contributed by atoms with Crippen molar-refractivity contribution >= 4 is 17.7 Å². The lowest BCUT2D eigenvalue weighted by atomic mass is 9.77. The predicted octanol–water partition coefficient (Wildman–Crippen LogP) is 4.86. The molecular weight excluding hydrogens is 336 g/mol. The Hall–Kier alpha value is -1.26. The molecule has 5 heteroatoms. The van der Waals surface area contributed by atoms with Crippen LogP contribution < -0.4 is 5.32 Å². The first-order valence-corrected chi connectivity index (χ1v) is 9.54. The average molecular weight is 367 g/mol. The van der Waals surface area contributed by atoms with Crippen molar-refractivity contribution in [3.63, 3.8) is 0 Å². The van der Waals surface area contributed by atoms with Gasteiger partial charge >= 0.3 is 6.09 Å². The molecule has 1 aliphatic heterocycles. The van der Waals surface area contributed by atoms with Crippen molar-refractivity contribution in [1.29, 1.82) is 0 Å². The number of hydrogen-bond donors (Lipinski definition) is 1. The van der Waals surface area contributed by atoms with Crippen LogP contribution >= 0.6 is 11.6 Å². The molecule has 2 rings (SSSR count). The Bertz CT molecular complexity index is 568. The van der Waals surface area contributed by atoms with E-state index in [4.69, 9.17) is 16.3 Å². The molecule has 0 aromatic heterocycles. The lowest BCUT2D eigenvalue weighted by Crippen LogP contribution is -2.51. The monoisotopic (exact) mass is 366 g/mol. The van der Waals surface area contributed by atoms with Crippen molar-refractivity contribution in [2.24, 2.45) is 5.41 Å². The number of nitrogens with one attached hydrogen (secondary N) is 1. The number of amides is 1. The van der Waals surface area contributed by atoms with Crippen LogP contribution in [-0.2, 0) is 11.3 Å². The summed E-state index contributed by atoms with van der Waals surface area (Å²) in [5.74, 6) is 0. The molecule has 0 saturated carbocycles. The minimum atomic E-state index is -0.448. The number of carbonyl (C=O) groups is 1. The zero-order chi connectivity index (χ0) is 18.5. The maximum Gasteiger partial charge on any atom is 0.410 e. The Kier molecular flexibility index (Phi) is 6.75. The fourth-order valence-corrected chi connectivity index (χ4v) is 3.45. The molecule has 1 atom stereocenters. The van der Waals surface area contributed by atoms with Crippen LogP contribution in [0.4, 0.5) is 4.79 Å². The van der Waals surface area contributed by atoms with E-state index in [0.717, 1.165) is 50.5 Å². The first-order valence-electron chi connectivity index (χ1n) is 9.16. The molecule has 0 aliphatic carbocycles. The maximum atomic E-state index is 12.4. The van der Waals surface area contributed by atoms with Crippen molar-refractivity contribution in [2.75, 3.05) is 19.6 Å². The van der Waals surface area contributed by atoms with Crippen molar-refractivity contribution in [1.82, 2.24) is 10.2 Å². The summed E-state index contributed by atoms with van der Waals surface area (Å²) in [7, 11) is 0. The lowest BCUT2D eigenvalue weighted by molar-refractivity contribution is 0.00332. The number of halogens is 1. The van der Waals surface area contributed by atoms with Gasteiger partial charge in [-0.05, 0) is 57.7 Å². The minimum absolute atomic E-state index is 0.113. The van der Waals surface area contributed by atoms with Gasteiger partial charge < -0.3 is 15.0 Å². The molecule has 0 radical (unpaired) electrons. The molecule has 1 aromatic carbocycles. The zero-order valence-electron chi connectivity index (χ0n) is 15.9. The summed E-state index contributed by atoms with van der Waals surface area (Å²) in [5, 5.41) is 4.33. The van der Waals surface area contributed by atoms with E-state index in [1.54, 1.807) is 0 Å². The SMILES string of the molecule is CCC1(CNCc2ccc(Cl)cc2)CCCN(C(=O)OC(C)(C)C)C1. The van der Waals surface area contributed by atoms with Gasteiger partial charge in [-0.2, -0.15) is 0 Å². The number of likely N-dealkylation sites (tertiary alicyclic amines) is 1. The summed E-state index contributed by atoms with van der Waals surface area (Å²) < 4.78 is 5.55. The summed E-state index contributed by atoms with van der Waals surface area (Å²) in [6, 6.07) is 7.92. The van der Waals surface area contributed by atoms with Gasteiger partial charge in [-0.3, -0.25) is 0 Å². The predicted molar refractivity (Wildman–Crippen MR) is 103 cm³/mol. The van der Waals surface area contributed by atoms with E-state index in [0.29, 0.717) is 0 Å². The van der Waals surface area contributed by atoms with Crippen LogP contribution in [0, 0.1) is 5.41 Å². The van der Waals surface area contributed by atoms with E-state index >= 15 is 0 Å². The van der Waals surface area contributed by atoms with Gasteiger partial charge in [0.2, 0.25) is 0 Å². The van der Waals surface area contributed by atoms with Gasteiger partial charge in [-0.15, -0.1) is 0 Å². The quantitative estimate of drug-likeness (QED) is 0.809. The topological polar surface area (TPSA) is 41.6 Å². The van der Waals surface area contributed by atoms with Gasteiger partial charge in [0.1, 0.15) is 5.60 Å². The highest BCUT2D eigenvalue weighted by Gasteiger charge is 2.36. The normalized spacial score (nSPS) is 21.2. The van der Waals surface area contributed by atoms with E-state index in [2.05, 4.69) is 12.2 Å². The molecule has 1 fully saturated rings. The van der Waals surface area contributed by atoms with Crippen molar-refractivity contribution in [2.45, 2.75) is 59.1 Å². The number of carbonyl (C=O) groups excluding carboxylic acids is 1. The van der Waals surface area contributed by atoms with E-state index < -0.39 is 5.60 Å². The second-order valence-electron chi connectivity index (χ2n) is 8.09. The number of hydrogen-bond acceptors (Lipinski definition) is 3. The fourth-order valence-electron chi connectivity index (χ4n) is 3.32. The molecule has 1 aromatic rings. The second kappa shape index (κ2) is 8.41. The molecule has 1 saturated heterocycles. The smallest absolute Gasteiger partial charge is 0.410 e. The van der Waals surface area contributed by atoms with Crippen LogP contribution in [0.15, 0.2) is 24.3 Å². The third-order valence-electron chi connectivity index (χ3n) is 4.81. The van der Waals surface area contributed by atoms with Gasteiger partial charge in [0.15, 0.2) is 0 Å². The first kappa shape index (κ1) is 20.1. The third-order valence-corrected chi connectivity index (χ3v) is 5.06. The van der Waals surface area contributed by atoms with Crippen LogP contribution in [0.25, 0.3) is 0 Å². The number of benzene rings is 1. The van der Waals surface area contributed by atoms with Crippen LogP contribution in [0.5, 0.6) is 0 Å². The summed E-state index contributed by atoms with van der Waals surface area (Å²) >= 11 is 5.93. The average Bonchev–Trinajstić information content (AvgIpc) is 2.55. The molecule has 4 nitrogen and oxygen atoms in total. The Balaban J connectivity index is 1.91. The Morgan fingerprint density at radius 3 is 2.60 bits per heavy atom. The maximum absolute atomic E-state index is 12.4. The Labute approximate surface area is 156 Å². The standard InChI is InChI=1S/C20H31ClN2O2/c1-5-20(14-22-13-16-7-9-17(21)10-8-16)11-6-12-23(15-20)18(24)25-19(2,3)4/h7-10,22H,5-6,11-15H2,1-4H3. The van der Waals surface area contributed by atoms with Gasteiger partial charge in [-0.1, -0.05) is 30.7 Å². The summed E-state index contributed by atoms with van der Waals surface area (Å²) in [6.45, 7) is 11.2. The minimum Gasteiger partial charge on any atom is -0.444 e. The van der Waals surface area contributed by atoms with Crippen molar-refractivity contribution in [3.8, 4) is 0 Å². The molecule has 25 heavy (non-hydrogen) atoms. The van der Waals surface area contributed by atoms with Gasteiger partial charge in [0, 0.05) is 36.6 Å². The summed E-state index contributed by atoms with van der Waals surface area (Å²) in [6.07, 6.45) is 3.01. The largest absolute Gasteiger partial charge is 0.444 e. The highest BCUT2D eigenvalue weighted by Crippen LogP contribution is 2.33. The molecule has 1 unspecified atom stereocenters. The molecule has 0 spiro atoms. The summed E-state index contributed by atoms with van der Waals surface area (Å²) in [5.41, 5.74) is 0.883. The van der Waals surface area contributed by atoms with Gasteiger partial charge in [0.25, 0.3) is 0 Å². The highest BCUT2D eigenvalue weighted by atomic mass is 35.5. The first-order chi connectivity index (χ1) is 11.7. The van der Waals surface area contributed by atoms with Gasteiger partial charge in [-0.25, -0.2) is 4.79 Å². The van der Waals surface area contributed by atoms with E-state index in [1.807, 2.05) is 49.9 Å². The molecule has 1 amide bonds. The second-order valence-corrected chi connectivity index (χ2v) is 8.53. The zero-order valence-corrected chi connectivity index (χ0v) is 16.7. The molecule has 1 aliphatic rings. The molecule has 1 heterocycles. The number of piperidine rings is 1. The number of rotatable bonds is 5. The lowest BCUT2D eigenvalue weighted by Gasteiger charge is -2.43. The molecule has 140 valence electrons. The Morgan fingerprint density at radius 1 is 1.32 bits per heavy atom. The van der Waals surface area contributed by atoms with Crippen molar-refractivity contribution < 1.29 is 9.53 Å². The molecular formula is C20H31ClN2O2.